The average molecular weight is 152 g/mol. The molecule has 1 aromatic carbocycles. The van der Waals surface area contributed by atoms with Gasteiger partial charge in [0, 0.05) is 7.11 Å². The lowest BCUT2D eigenvalue weighted by Crippen LogP contribution is -1.84. The van der Waals surface area contributed by atoms with E-state index in [9.17, 15) is 0 Å². The van der Waals surface area contributed by atoms with Crippen molar-refractivity contribution >= 4 is 0 Å². The first-order chi connectivity index (χ1) is 5.43. The van der Waals surface area contributed by atoms with Gasteiger partial charge in [0.15, 0.2) is 0 Å². The van der Waals surface area contributed by atoms with E-state index in [4.69, 9.17) is 4.74 Å². The summed E-state index contributed by atoms with van der Waals surface area (Å²) in [5.74, 6) is 0. The van der Waals surface area contributed by atoms with Gasteiger partial charge in [-0.1, -0.05) is 44.2 Å². The zero-order valence-electron chi connectivity index (χ0n) is 7.50. The van der Waals surface area contributed by atoms with Crippen LogP contribution in [0.5, 0.6) is 0 Å². The summed E-state index contributed by atoms with van der Waals surface area (Å²) < 4.78 is 4.93. The highest BCUT2D eigenvalue weighted by Crippen LogP contribution is 1.98. The van der Waals surface area contributed by atoms with Crippen molar-refractivity contribution in [2.75, 3.05) is 7.11 Å². The molecule has 0 aliphatic rings. The number of methoxy groups -OCH3 is 1. The monoisotopic (exact) mass is 152 g/mol. The van der Waals surface area contributed by atoms with Crippen molar-refractivity contribution in [2.45, 2.75) is 20.5 Å². The van der Waals surface area contributed by atoms with E-state index < -0.39 is 0 Å². The molecule has 1 aromatic rings. The molecule has 0 aromatic heterocycles. The molecule has 0 N–H and O–H groups in total. The van der Waals surface area contributed by atoms with E-state index in [1.807, 2.05) is 44.2 Å². The molecule has 62 valence electrons. The van der Waals surface area contributed by atoms with Gasteiger partial charge in [-0.15, -0.1) is 0 Å². The molecular weight excluding hydrogens is 136 g/mol. The molecule has 0 bridgehead atoms. The molecule has 0 fully saturated rings. The molecule has 0 radical (unpaired) electrons. The Morgan fingerprint density at radius 1 is 1.09 bits per heavy atom. The minimum atomic E-state index is 0.709. The fourth-order valence-electron chi connectivity index (χ4n) is 0.741. The van der Waals surface area contributed by atoms with Crippen molar-refractivity contribution in [1.29, 1.82) is 0 Å². The summed E-state index contributed by atoms with van der Waals surface area (Å²) >= 11 is 0. The SMILES string of the molecule is CC.COCc1ccccc1. The van der Waals surface area contributed by atoms with E-state index in [2.05, 4.69) is 0 Å². The van der Waals surface area contributed by atoms with E-state index in [1.165, 1.54) is 5.56 Å². The first-order valence-electron chi connectivity index (χ1n) is 3.96. The fourth-order valence-corrected chi connectivity index (χ4v) is 0.741. The standard InChI is InChI=1S/C8H10O.C2H6/c1-9-7-8-5-3-2-4-6-8;1-2/h2-6H,7H2,1H3;1-2H3. The van der Waals surface area contributed by atoms with Gasteiger partial charge in [0.1, 0.15) is 0 Å². The first kappa shape index (κ1) is 10.2. The summed E-state index contributed by atoms with van der Waals surface area (Å²) in [5, 5.41) is 0. The summed E-state index contributed by atoms with van der Waals surface area (Å²) in [6, 6.07) is 10.1. The largest absolute Gasteiger partial charge is 0.380 e. The number of benzene rings is 1. The highest BCUT2D eigenvalue weighted by atomic mass is 16.5. The quantitative estimate of drug-likeness (QED) is 0.633. The maximum atomic E-state index is 4.93. The summed E-state index contributed by atoms with van der Waals surface area (Å²) in [4.78, 5) is 0. The molecule has 0 aliphatic carbocycles. The van der Waals surface area contributed by atoms with Gasteiger partial charge in [0.25, 0.3) is 0 Å². The predicted octanol–water partition coefficient (Wildman–Crippen LogP) is 2.86. The van der Waals surface area contributed by atoms with Crippen LogP contribution >= 0.6 is 0 Å². The number of rotatable bonds is 2. The van der Waals surface area contributed by atoms with Crippen LogP contribution in [0.25, 0.3) is 0 Å². The lowest BCUT2D eigenvalue weighted by molar-refractivity contribution is 0.185. The van der Waals surface area contributed by atoms with Gasteiger partial charge in [-0.05, 0) is 5.56 Å². The Labute approximate surface area is 69.0 Å². The van der Waals surface area contributed by atoms with Crippen molar-refractivity contribution in [2.24, 2.45) is 0 Å². The molecule has 0 saturated heterocycles. The Bertz CT molecular complexity index is 158. The van der Waals surface area contributed by atoms with Crippen LogP contribution in [-0.4, -0.2) is 7.11 Å². The van der Waals surface area contributed by atoms with E-state index in [0.717, 1.165) is 0 Å². The van der Waals surface area contributed by atoms with Crippen LogP contribution in [0, 0.1) is 0 Å². The third-order valence-corrected chi connectivity index (χ3v) is 1.15. The van der Waals surface area contributed by atoms with Gasteiger partial charge in [-0.2, -0.15) is 0 Å². The minimum Gasteiger partial charge on any atom is -0.380 e. The second-order valence-electron chi connectivity index (χ2n) is 1.92. The number of hydrogen-bond acceptors (Lipinski definition) is 1. The molecule has 11 heavy (non-hydrogen) atoms. The van der Waals surface area contributed by atoms with Gasteiger partial charge < -0.3 is 4.74 Å². The predicted molar refractivity (Wildman–Crippen MR) is 48.5 cm³/mol. The van der Waals surface area contributed by atoms with Gasteiger partial charge >= 0.3 is 0 Å². The van der Waals surface area contributed by atoms with E-state index in [-0.39, 0.29) is 0 Å². The minimum absolute atomic E-state index is 0.709. The van der Waals surface area contributed by atoms with Gasteiger partial charge in [-0.25, -0.2) is 0 Å². The molecule has 0 aliphatic heterocycles. The van der Waals surface area contributed by atoms with Crippen molar-refractivity contribution in [3.63, 3.8) is 0 Å². The van der Waals surface area contributed by atoms with Crippen LogP contribution in [0.1, 0.15) is 19.4 Å². The molecule has 0 atom stereocenters. The van der Waals surface area contributed by atoms with Gasteiger partial charge in [-0.3, -0.25) is 0 Å². The van der Waals surface area contributed by atoms with Crippen LogP contribution in [0.2, 0.25) is 0 Å². The molecule has 1 nitrogen and oxygen atoms in total. The molecular formula is C10H16O. The topological polar surface area (TPSA) is 9.23 Å². The third-order valence-electron chi connectivity index (χ3n) is 1.15. The highest BCUT2D eigenvalue weighted by molar-refractivity contribution is 5.13. The smallest absolute Gasteiger partial charge is 0.0713 e. The Kier molecular flexibility index (Phi) is 6.75. The molecule has 0 heterocycles. The van der Waals surface area contributed by atoms with Crippen molar-refractivity contribution in [3.8, 4) is 0 Å². The highest BCUT2D eigenvalue weighted by Gasteiger charge is 1.84. The summed E-state index contributed by atoms with van der Waals surface area (Å²) in [6.45, 7) is 4.71. The lowest BCUT2D eigenvalue weighted by Gasteiger charge is -1.95. The van der Waals surface area contributed by atoms with Crippen molar-refractivity contribution in [1.82, 2.24) is 0 Å². The van der Waals surface area contributed by atoms with Crippen molar-refractivity contribution in [3.05, 3.63) is 35.9 Å². The molecule has 0 spiro atoms. The first-order valence-corrected chi connectivity index (χ1v) is 3.96. The van der Waals surface area contributed by atoms with Crippen LogP contribution < -0.4 is 0 Å². The Hall–Kier alpha value is -0.820. The van der Waals surface area contributed by atoms with Gasteiger partial charge in [0.2, 0.25) is 0 Å². The zero-order valence-corrected chi connectivity index (χ0v) is 7.50. The van der Waals surface area contributed by atoms with Crippen LogP contribution in [0.3, 0.4) is 0 Å². The average Bonchev–Trinajstić information content (AvgIpc) is 2.11. The summed E-state index contributed by atoms with van der Waals surface area (Å²) in [7, 11) is 1.70. The number of ether oxygens (including phenoxy) is 1. The maximum Gasteiger partial charge on any atom is 0.0713 e. The second kappa shape index (κ2) is 7.29. The normalized spacial score (nSPS) is 8.27. The lowest BCUT2D eigenvalue weighted by atomic mass is 10.2. The Morgan fingerprint density at radius 3 is 2.09 bits per heavy atom. The molecule has 1 heteroatoms. The molecule has 0 unspecified atom stereocenters. The van der Waals surface area contributed by atoms with Crippen LogP contribution in [0.4, 0.5) is 0 Å². The number of hydrogen-bond donors (Lipinski definition) is 0. The fraction of sp³-hybridized carbons (Fsp3) is 0.400. The van der Waals surface area contributed by atoms with E-state index in [1.54, 1.807) is 7.11 Å². The zero-order chi connectivity index (χ0) is 8.53. The summed E-state index contributed by atoms with van der Waals surface area (Å²) in [6.07, 6.45) is 0. The summed E-state index contributed by atoms with van der Waals surface area (Å²) in [5.41, 5.74) is 1.22. The Balaban J connectivity index is 0.000000461. The van der Waals surface area contributed by atoms with Crippen molar-refractivity contribution < 1.29 is 4.74 Å². The second-order valence-corrected chi connectivity index (χ2v) is 1.92. The molecule has 0 amide bonds. The van der Waals surface area contributed by atoms with Crippen LogP contribution in [-0.2, 0) is 11.3 Å². The molecule has 1 rings (SSSR count). The third kappa shape index (κ3) is 4.57. The Morgan fingerprint density at radius 2 is 1.64 bits per heavy atom. The van der Waals surface area contributed by atoms with Crippen LogP contribution in [0.15, 0.2) is 30.3 Å². The van der Waals surface area contributed by atoms with E-state index >= 15 is 0 Å². The molecule has 0 saturated carbocycles. The van der Waals surface area contributed by atoms with Gasteiger partial charge in [0.05, 0.1) is 6.61 Å². The van der Waals surface area contributed by atoms with E-state index in [0.29, 0.717) is 6.61 Å². The maximum absolute atomic E-state index is 4.93.